The van der Waals surface area contributed by atoms with E-state index in [-0.39, 0.29) is 0 Å². The van der Waals surface area contributed by atoms with E-state index in [1.54, 1.807) is 0 Å². The van der Waals surface area contributed by atoms with Crippen LogP contribution in [-0.2, 0) is 12.8 Å². The number of anilines is 1. The van der Waals surface area contributed by atoms with Gasteiger partial charge in [0, 0.05) is 12.4 Å². The molecule has 2 aromatic carbocycles. The van der Waals surface area contributed by atoms with E-state index in [0.29, 0.717) is 0 Å². The predicted molar refractivity (Wildman–Crippen MR) is 72.5 cm³/mol. The molecule has 2 aromatic rings. The number of aliphatic imine (C=N–C) groups is 1. The van der Waals surface area contributed by atoms with Crippen molar-refractivity contribution in [1.82, 2.24) is 0 Å². The number of amidine groups is 1. The van der Waals surface area contributed by atoms with Gasteiger partial charge in [0.25, 0.3) is 0 Å². The highest BCUT2D eigenvalue weighted by Gasteiger charge is 2.23. The Morgan fingerprint density at radius 2 is 1.71 bits per heavy atom. The van der Waals surface area contributed by atoms with Crippen LogP contribution in [0.4, 0.5) is 11.4 Å². The van der Waals surface area contributed by atoms with E-state index in [1.165, 1.54) is 40.4 Å². The lowest BCUT2D eigenvalue weighted by molar-refractivity contribution is 1.02. The summed E-state index contributed by atoms with van der Waals surface area (Å²) in [6.07, 6.45) is 2.37. The minimum atomic E-state index is 1.07. The summed E-state index contributed by atoms with van der Waals surface area (Å²) in [6.45, 7) is 2.07. The molecule has 1 aliphatic carbocycles. The molecule has 0 aromatic heterocycles. The SMILES string of the molecule is CC1=Nc2ccc3c4c(ccc(c24)N1C)CC3. The fourth-order valence-electron chi connectivity index (χ4n) is 3.09. The maximum atomic E-state index is 4.70. The Bertz CT molecular complexity index is 673. The molecule has 1 heterocycles. The van der Waals surface area contributed by atoms with Crippen molar-refractivity contribution in [3.05, 3.63) is 35.4 Å². The van der Waals surface area contributed by atoms with Crippen LogP contribution in [0.5, 0.6) is 0 Å². The first kappa shape index (κ1) is 9.23. The number of hydrogen-bond donors (Lipinski definition) is 0. The van der Waals surface area contributed by atoms with Gasteiger partial charge in [-0.25, -0.2) is 4.99 Å². The molecule has 0 radical (unpaired) electrons. The van der Waals surface area contributed by atoms with Crippen molar-refractivity contribution in [2.24, 2.45) is 4.99 Å². The van der Waals surface area contributed by atoms with E-state index < -0.39 is 0 Å². The maximum absolute atomic E-state index is 4.70. The van der Waals surface area contributed by atoms with Gasteiger partial charge in [0.05, 0.1) is 11.4 Å². The Balaban J connectivity index is 2.24. The molecule has 4 rings (SSSR count). The van der Waals surface area contributed by atoms with Gasteiger partial charge in [-0.2, -0.15) is 0 Å². The number of aryl methyl sites for hydroxylation is 2. The van der Waals surface area contributed by atoms with Gasteiger partial charge >= 0.3 is 0 Å². The van der Waals surface area contributed by atoms with Crippen molar-refractivity contribution in [3.63, 3.8) is 0 Å². The monoisotopic (exact) mass is 222 g/mol. The predicted octanol–water partition coefficient (Wildman–Crippen LogP) is 3.44. The molecule has 17 heavy (non-hydrogen) atoms. The molecule has 0 N–H and O–H groups in total. The molecular formula is C15H14N2. The van der Waals surface area contributed by atoms with E-state index >= 15 is 0 Å². The molecule has 1 aliphatic heterocycles. The fraction of sp³-hybridized carbons (Fsp3) is 0.267. The summed E-state index contributed by atoms with van der Waals surface area (Å²) < 4.78 is 0. The Kier molecular flexibility index (Phi) is 1.57. The zero-order valence-electron chi connectivity index (χ0n) is 10.1. The Morgan fingerprint density at radius 1 is 1.00 bits per heavy atom. The summed E-state index contributed by atoms with van der Waals surface area (Å²) in [7, 11) is 2.10. The summed E-state index contributed by atoms with van der Waals surface area (Å²) in [5.41, 5.74) is 5.42. The molecule has 0 saturated heterocycles. The highest BCUT2D eigenvalue weighted by molar-refractivity contribution is 6.15. The highest BCUT2D eigenvalue weighted by Crippen LogP contribution is 2.43. The van der Waals surface area contributed by atoms with Gasteiger partial charge in [-0.15, -0.1) is 0 Å². The van der Waals surface area contributed by atoms with Crippen molar-refractivity contribution in [3.8, 4) is 0 Å². The van der Waals surface area contributed by atoms with Crippen LogP contribution < -0.4 is 4.90 Å². The molecule has 0 spiro atoms. The van der Waals surface area contributed by atoms with Gasteiger partial charge in [0.15, 0.2) is 0 Å². The normalized spacial score (nSPS) is 16.6. The summed E-state index contributed by atoms with van der Waals surface area (Å²) in [6, 6.07) is 8.95. The molecule has 84 valence electrons. The molecule has 0 fully saturated rings. The standard InChI is InChI=1S/C15H14N2/c1-9-16-12-7-5-10-3-4-11-6-8-13(17(9)2)15(12)14(10)11/h5-8H,3-4H2,1-2H3. The average molecular weight is 222 g/mol. The minimum Gasteiger partial charge on any atom is -0.333 e. The molecule has 2 nitrogen and oxygen atoms in total. The largest absolute Gasteiger partial charge is 0.333 e. The Morgan fingerprint density at radius 3 is 2.47 bits per heavy atom. The topological polar surface area (TPSA) is 15.6 Å². The fourth-order valence-corrected chi connectivity index (χ4v) is 3.09. The number of rotatable bonds is 0. The lowest BCUT2D eigenvalue weighted by Gasteiger charge is -2.26. The van der Waals surface area contributed by atoms with Crippen molar-refractivity contribution in [2.45, 2.75) is 19.8 Å². The number of hydrogen-bond acceptors (Lipinski definition) is 2. The van der Waals surface area contributed by atoms with Crippen molar-refractivity contribution < 1.29 is 0 Å². The minimum absolute atomic E-state index is 1.07. The average Bonchev–Trinajstić information content (AvgIpc) is 2.76. The molecule has 2 heteroatoms. The van der Waals surface area contributed by atoms with Crippen molar-refractivity contribution >= 4 is 28.0 Å². The molecule has 0 amide bonds. The molecule has 0 atom stereocenters. The van der Waals surface area contributed by atoms with Crippen LogP contribution in [0.3, 0.4) is 0 Å². The van der Waals surface area contributed by atoms with Crippen LogP contribution in [0.25, 0.3) is 10.8 Å². The third kappa shape index (κ3) is 1.03. The van der Waals surface area contributed by atoms with Gasteiger partial charge in [-0.1, -0.05) is 12.1 Å². The van der Waals surface area contributed by atoms with Crippen LogP contribution in [0, 0.1) is 0 Å². The quantitative estimate of drug-likeness (QED) is 0.666. The van der Waals surface area contributed by atoms with Crippen molar-refractivity contribution in [2.75, 3.05) is 11.9 Å². The van der Waals surface area contributed by atoms with Crippen LogP contribution in [0.2, 0.25) is 0 Å². The first-order chi connectivity index (χ1) is 8.25. The van der Waals surface area contributed by atoms with Gasteiger partial charge in [0.2, 0.25) is 0 Å². The van der Waals surface area contributed by atoms with Crippen LogP contribution in [0.15, 0.2) is 29.3 Å². The molecule has 0 unspecified atom stereocenters. The van der Waals surface area contributed by atoms with Gasteiger partial charge in [-0.3, -0.25) is 0 Å². The molecule has 0 bridgehead atoms. The van der Waals surface area contributed by atoms with Gasteiger partial charge in [0.1, 0.15) is 5.84 Å². The Hall–Kier alpha value is -1.83. The third-order valence-corrected chi connectivity index (χ3v) is 4.08. The van der Waals surface area contributed by atoms with E-state index in [4.69, 9.17) is 4.99 Å². The summed E-state index contributed by atoms with van der Waals surface area (Å²) in [4.78, 5) is 6.89. The highest BCUT2D eigenvalue weighted by atomic mass is 15.2. The zero-order chi connectivity index (χ0) is 11.6. The summed E-state index contributed by atoms with van der Waals surface area (Å²) in [5.74, 6) is 1.07. The van der Waals surface area contributed by atoms with E-state index in [0.717, 1.165) is 11.5 Å². The second kappa shape index (κ2) is 2.89. The van der Waals surface area contributed by atoms with Gasteiger partial charge < -0.3 is 4.90 Å². The van der Waals surface area contributed by atoms with Crippen molar-refractivity contribution in [1.29, 1.82) is 0 Å². The van der Waals surface area contributed by atoms with Crippen LogP contribution in [-0.4, -0.2) is 12.9 Å². The molecule has 0 saturated carbocycles. The Labute approximate surface area is 101 Å². The summed E-state index contributed by atoms with van der Waals surface area (Å²) >= 11 is 0. The first-order valence-corrected chi connectivity index (χ1v) is 6.12. The molecular weight excluding hydrogens is 208 g/mol. The van der Waals surface area contributed by atoms with Crippen LogP contribution >= 0.6 is 0 Å². The second-order valence-corrected chi connectivity index (χ2v) is 4.96. The summed E-state index contributed by atoms with van der Waals surface area (Å²) in [5, 5.41) is 2.81. The second-order valence-electron chi connectivity index (χ2n) is 4.96. The van der Waals surface area contributed by atoms with Crippen LogP contribution in [0.1, 0.15) is 18.1 Å². The lowest BCUT2D eigenvalue weighted by atomic mass is 10.00. The van der Waals surface area contributed by atoms with E-state index in [2.05, 4.69) is 43.1 Å². The van der Waals surface area contributed by atoms with Gasteiger partial charge in [-0.05, 0) is 48.4 Å². The number of nitrogens with zero attached hydrogens (tertiary/aromatic N) is 2. The van der Waals surface area contributed by atoms with E-state index in [1.807, 2.05) is 0 Å². The first-order valence-electron chi connectivity index (χ1n) is 6.12. The smallest absolute Gasteiger partial charge is 0.106 e. The maximum Gasteiger partial charge on any atom is 0.106 e. The van der Waals surface area contributed by atoms with E-state index in [9.17, 15) is 0 Å². The number of benzene rings is 2. The lowest BCUT2D eigenvalue weighted by Crippen LogP contribution is -2.25. The third-order valence-electron chi connectivity index (χ3n) is 4.08. The zero-order valence-corrected chi connectivity index (χ0v) is 10.1. The molecule has 2 aliphatic rings.